The molecule has 38 heavy (non-hydrogen) atoms. The molecular weight excluding hydrogens is 584 g/mol. The van der Waals surface area contributed by atoms with Gasteiger partial charge in [0.05, 0.1) is 17.4 Å². The molecule has 0 bridgehead atoms. The number of hydrogen-bond acceptors (Lipinski definition) is 3. The van der Waals surface area contributed by atoms with Crippen molar-refractivity contribution in [3.63, 3.8) is 0 Å². The zero-order valence-electron chi connectivity index (χ0n) is 24.2. The first-order chi connectivity index (χ1) is 16.6. The number of para-hydroxylation sites is 2. The molecule has 2 aromatic carbocycles. The summed E-state index contributed by atoms with van der Waals surface area (Å²) in [6.45, 7) is 19.2. The van der Waals surface area contributed by atoms with E-state index in [4.69, 9.17) is 15.2 Å². The monoisotopic (exact) mass is 625 g/mol. The first kappa shape index (κ1) is 40.2. The van der Waals surface area contributed by atoms with Gasteiger partial charge in [-0.2, -0.15) is 5.26 Å². The molecule has 0 N–H and O–H groups in total. The maximum Gasteiger partial charge on any atom is 2.00 e. The van der Waals surface area contributed by atoms with Gasteiger partial charge in [-0.1, -0.05) is 91.8 Å². The number of hydrogen-bond donors (Lipinski definition) is 0. The van der Waals surface area contributed by atoms with E-state index in [-0.39, 0.29) is 27.8 Å². The quantitative estimate of drug-likeness (QED) is 0.131. The molecule has 0 aliphatic heterocycles. The molecule has 0 amide bonds. The second-order valence-corrected chi connectivity index (χ2v) is 9.46. The second kappa shape index (κ2) is 19.7. The number of nitriles is 1. The zero-order valence-corrected chi connectivity index (χ0v) is 25.7. The Hall–Kier alpha value is -2.28. The molecule has 2 aromatic rings. The third kappa shape index (κ3) is 15.2. The normalized spacial score (nSPS) is 11.1. The fourth-order valence-electron chi connectivity index (χ4n) is 3.54. The summed E-state index contributed by atoms with van der Waals surface area (Å²) in [5.74, 6) is 1.77. The van der Waals surface area contributed by atoms with E-state index >= 15 is 0 Å². The smallest absolute Gasteiger partial charge is 0.418 e. The second-order valence-electron chi connectivity index (χ2n) is 9.46. The summed E-state index contributed by atoms with van der Waals surface area (Å²) in [6.07, 6.45) is 3.71. The molecule has 3 nitrogen and oxygen atoms in total. The van der Waals surface area contributed by atoms with Gasteiger partial charge in [-0.25, -0.2) is 0 Å². The first-order valence-corrected chi connectivity index (χ1v) is 12.2. The van der Waals surface area contributed by atoms with E-state index in [1.807, 2.05) is 12.4 Å². The summed E-state index contributed by atoms with van der Waals surface area (Å²) in [7, 11) is -6.00. The molecule has 0 aliphatic rings. The van der Waals surface area contributed by atoms with E-state index in [1.54, 1.807) is 6.07 Å². The molecule has 0 spiro atoms. The van der Waals surface area contributed by atoms with Crippen LogP contribution in [0.15, 0.2) is 46.4 Å². The summed E-state index contributed by atoms with van der Waals surface area (Å²) >= 11 is 0. The van der Waals surface area contributed by atoms with Crippen molar-refractivity contribution in [3.8, 4) is 6.07 Å². The minimum Gasteiger partial charge on any atom is -0.418 e. The van der Waals surface area contributed by atoms with Crippen molar-refractivity contribution in [2.75, 3.05) is 0 Å². The van der Waals surface area contributed by atoms with Crippen LogP contribution in [0.1, 0.15) is 108 Å². The van der Waals surface area contributed by atoms with Gasteiger partial charge in [0.25, 0.3) is 0 Å². The molecule has 9 heteroatoms. The van der Waals surface area contributed by atoms with Gasteiger partial charge in [0.1, 0.15) is 0 Å². The van der Waals surface area contributed by atoms with E-state index in [0.717, 1.165) is 11.4 Å². The molecule has 214 valence electrons. The van der Waals surface area contributed by atoms with Crippen LogP contribution < -0.4 is 0 Å². The van der Waals surface area contributed by atoms with Crippen molar-refractivity contribution in [1.29, 1.82) is 5.26 Å². The fraction of sp³-hybridized carbons (Fsp3) is 0.448. The number of benzene rings is 2. The number of aliphatic imine (C=N–C) groups is 2. The van der Waals surface area contributed by atoms with Gasteiger partial charge in [-0.05, 0) is 45.9 Å². The van der Waals surface area contributed by atoms with Crippen LogP contribution in [0.25, 0.3) is 0 Å². The Morgan fingerprint density at radius 1 is 0.658 bits per heavy atom. The van der Waals surface area contributed by atoms with Crippen molar-refractivity contribution in [3.05, 3.63) is 66.1 Å². The van der Waals surface area contributed by atoms with Crippen molar-refractivity contribution in [1.82, 2.24) is 0 Å². The van der Waals surface area contributed by atoms with Crippen LogP contribution in [-0.4, -0.2) is 19.7 Å². The zero-order chi connectivity index (χ0) is 28.1. The van der Waals surface area contributed by atoms with Gasteiger partial charge in [0.2, 0.25) is 0 Å². The molecule has 0 aliphatic carbocycles. The summed E-state index contributed by atoms with van der Waals surface area (Å²) in [5.41, 5.74) is 7.37. The van der Waals surface area contributed by atoms with E-state index in [0.29, 0.717) is 23.7 Å². The predicted octanol–water partition coefficient (Wildman–Crippen LogP) is 10.6. The van der Waals surface area contributed by atoms with Gasteiger partial charge < -0.3 is 24.7 Å². The minimum atomic E-state index is -6.00. The maximum atomic E-state index is 9.75. The fourth-order valence-corrected chi connectivity index (χ4v) is 3.54. The predicted molar refractivity (Wildman–Crippen MR) is 153 cm³/mol. The van der Waals surface area contributed by atoms with Crippen LogP contribution in [0.5, 0.6) is 0 Å². The average molecular weight is 626 g/mol. The standard InChI is InChI=1S/C26H36N2.C2H3N.CH3.BF4.Pd/c1-17(2)21-11-9-12-22(18(3)4)25(21)27-15-16-28-26-23(19(5)6)13-10-14-24(26)20(7)8;1-2-3;;2-1(3,4)5;/h9-20H,1-8H3;1H3;1H3;;/q;;2*-1;+2. The van der Waals surface area contributed by atoms with Crippen LogP contribution in [-0.2, 0) is 20.4 Å². The molecular formula is C29H42BF4N3Pd. The summed E-state index contributed by atoms with van der Waals surface area (Å²) < 4.78 is 39.0. The van der Waals surface area contributed by atoms with Gasteiger partial charge >= 0.3 is 27.7 Å². The van der Waals surface area contributed by atoms with Gasteiger partial charge in [-0.15, -0.1) is 0 Å². The van der Waals surface area contributed by atoms with Crippen molar-refractivity contribution < 1.29 is 37.7 Å². The van der Waals surface area contributed by atoms with Gasteiger partial charge in [0.15, 0.2) is 0 Å². The first-order valence-electron chi connectivity index (χ1n) is 12.2. The van der Waals surface area contributed by atoms with E-state index in [2.05, 4.69) is 91.8 Å². The third-order valence-corrected chi connectivity index (χ3v) is 5.16. The molecule has 0 fully saturated rings. The Bertz CT molecular complexity index is 911. The molecule has 0 radical (unpaired) electrons. The molecule has 2 rings (SSSR count). The van der Waals surface area contributed by atoms with Crippen LogP contribution in [0.2, 0.25) is 0 Å². The summed E-state index contributed by atoms with van der Waals surface area (Å²) in [4.78, 5) is 9.68. The van der Waals surface area contributed by atoms with E-state index in [1.165, 1.54) is 29.2 Å². The van der Waals surface area contributed by atoms with Crippen LogP contribution >= 0.6 is 0 Å². The average Bonchev–Trinajstić information content (AvgIpc) is 2.75. The minimum absolute atomic E-state index is 0. The third-order valence-electron chi connectivity index (χ3n) is 5.16. The Balaban J connectivity index is -0.00000108. The Morgan fingerprint density at radius 2 is 0.842 bits per heavy atom. The van der Waals surface area contributed by atoms with Crippen LogP contribution in [0.4, 0.5) is 28.6 Å². The number of nitrogens with zero attached hydrogens (tertiary/aromatic N) is 3. The van der Waals surface area contributed by atoms with Crippen molar-refractivity contribution in [2.24, 2.45) is 9.98 Å². The topological polar surface area (TPSA) is 48.5 Å². The van der Waals surface area contributed by atoms with Gasteiger partial charge in [-0.3, -0.25) is 9.98 Å². The number of halogens is 4. The molecule has 0 saturated carbocycles. The molecule has 0 heterocycles. The SMILES string of the molecule is CC#N.CC(C)c1cccc(C(C)C)c1N=CC=Nc1c(C(C)C)cccc1C(C)C.F[B-](F)(F)F.[CH3-].[Pd+2]. The molecule has 0 unspecified atom stereocenters. The Labute approximate surface area is 241 Å². The number of rotatable bonds is 7. The van der Waals surface area contributed by atoms with E-state index in [9.17, 15) is 17.3 Å². The summed E-state index contributed by atoms with van der Waals surface area (Å²) in [5, 5.41) is 7.32. The largest absolute Gasteiger partial charge is 2.00 e. The Kier molecular flexibility index (Phi) is 20.9. The molecule has 0 aromatic heterocycles. The maximum absolute atomic E-state index is 9.75. The summed E-state index contributed by atoms with van der Waals surface area (Å²) in [6, 6.07) is 14.8. The van der Waals surface area contributed by atoms with Gasteiger partial charge in [0, 0.05) is 19.4 Å². The molecule has 0 saturated heterocycles. The Morgan fingerprint density at radius 3 is 1.00 bits per heavy atom. The van der Waals surface area contributed by atoms with Crippen LogP contribution in [0.3, 0.4) is 0 Å². The van der Waals surface area contributed by atoms with E-state index < -0.39 is 7.25 Å². The van der Waals surface area contributed by atoms with Crippen molar-refractivity contribution in [2.45, 2.75) is 86.0 Å². The van der Waals surface area contributed by atoms with Crippen molar-refractivity contribution >= 4 is 31.1 Å². The molecule has 0 atom stereocenters. The van der Waals surface area contributed by atoms with Crippen LogP contribution in [0, 0.1) is 18.8 Å².